The van der Waals surface area contributed by atoms with E-state index in [0.29, 0.717) is 45.8 Å². The minimum Gasteiger partial charge on any atom is -0.377 e. The normalized spacial score (nSPS) is 23.8. The van der Waals surface area contributed by atoms with Crippen LogP contribution in [-0.4, -0.2) is 79.0 Å². The summed E-state index contributed by atoms with van der Waals surface area (Å²) in [6, 6.07) is 8.23. The molecule has 0 bridgehead atoms. The Labute approximate surface area is 149 Å². The number of β-lactam (4-membered cyclic amide) rings is 1. The van der Waals surface area contributed by atoms with Gasteiger partial charge in [0.2, 0.25) is 11.8 Å². The Morgan fingerprint density at radius 2 is 2.00 bits per heavy atom. The Bertz CT molecular complexity index is 644. The second-order valence-corrected chi connectivity index (χ2v) is 7.47. The molecule has 0 unspecified atom stereocenters. The van der Waals surface area contributed by atoms with Crippen molar-refractivity contribution in [1.82, 2.24) is 14.7 Å². The lowest BCUT2D eigenvalue weighted by Gasteiger charge is -2.52. The SMILES string of the molecule is Cc1ccc(CN2C(=O)C[C@]23COCCN(C(=O)CN(C)C)C3)cc1. The van der Waals surface area contributed by atoms with Crippen LogP contribution in [0.3, 0.4) is 0 Å². The van der Waals surface area contributed by atoms with Gasteiger partial charge in [0.1, 0.15) is 0 Å². The first-order valence-electron chi connectivity index (χ1n) is 8.76. The van der Waals surface area contributed by atoms with E-state index in [2.05, 4.69) is 24.3 Å². The number of amides is 2. The lowest BCUT2D eigenvalue weighted by Crippen LogP contribution is -2.69. The Balaban J connectivity index is 1.74. The lowest BCUT2D eigenvalue weighted by atomic mass is 9.83. The quantitative estimate of drug-likeness (QED) is 0.761. The fourth-order valence-corrected chi connectivity index (χ4v) is 3.55. The summed E-state index contributed by atoms with van der Waals surface area (Å²) in [6.45, 7) is 5.15. The largest absolute Gasteiger partial charge is 0.377 e. The predicted octanol–water partition coefficient (Wildman–Crippen LogP) is 0.887. The van der Waals surface area contributed by atoms with E-state index in [4.69, 9.17) is 4.74 Å². The van der Waals surface area contributed by atoms with Crippen LogP contribution in [0.5, 0.6) is 0 Å². The number of hydrogen-bond donors (Lipinski definition) is 0. The zero-order chi connectivity index (χ0) is 18.0. The molecule has 1 atom stereocenters. The molecule has 2 aliphatic heterocycles. The molecule has 0 saturated carbocycles. The zero-order valence-electron chi connectivity index (χ0n) is 15.3. The number of rotatable bonds is 4. The van der Waals surface area contributed by atoms with Gasteiger partial charge >= 0.3 is 0 Å². The molecule has 2 heterocycles. The monoisotopic (exact) mass is 345 g/mol. The molecule has 2 fully saturated rings. The molecule has 0 aromatic heterocycles. The van der Waals surface area contributed by atoms with Gasteiger partial charge in [-0.15, -0.1) is 0 Å². The number of nitrogens with zero attached hydrogens (tertiary/aromatic N) is 3. The number of benzene rings is 1. The molecule has 0 N–H and O–H groups in total. The van der Waals surface area contributed by atoms with Gasteiger partial charge in [0.15, 0.2) is 0 Å². The van der Waals surface area contributed by atoms with Crippen molar-refractivity contribution in [2.24, 2.45) is 0 Å². The standard InChI is InChI=1S/C19H27N3O3/c1-15-4-6-16(7-5-15)11-22-17(23)10-19(22)13-21(8-9-25-14-19)18(24)12-20(2)3/h4-7H,8-14H2,1-3H3/t19-/m0/s1. The van der Waals surface area contributed by atoms with E-state index < -0.39 is 0 Å². The van der Waals surface area contributed by atoms with Crippen LogP contribution < -0.4 is 0 Å². The third-order valence-electron chi connectivity index (χ3n) is 4.98. The van der Waals surface area contributed by atoms with Gasteiger partial charge in [-0.1, -0.05) is 29.8 Å². The van der Waals surface area contributed by atoms with Crippen LogP contribution in [0.1, 0.15) is 17.5 Å². The fraction of sp³-hybridized carbons (Fsp3) is 0.579. The van der Waals surface area contributed by atoms with Crippen LogP contribution in [0.4, 0.5) is 0 Å². The van der Waals surface area contributed by atoms with Crippen molar-refractivity contribution in [2.75, 3.05) is 46.9 Å². The molecule has 0 aliphatic carbocycles. The molecule has 2 amide bonds. The second-order valence-electron chi connectivity index (χ2n) is 7.47. The number of carbonyl (C=O) groups is 2. The van der Waals surface area contributed by atoms with E-state index in [9.17, 15) is 9.59 Å². The molecule has 1 aromatic rings. The molecule has 1 spiro atoms. The Kier molecular flexibility index (Phi) is 5.11. The molecule has 25 heavy (non-hydrogen) atoms. The fourth-order valence-electron chi connectivity index (χ4n) is 3.55. The van der Waals surface area contributed by atoms with Gasteiger partial charge in [0, 0.05) is 19.6 Å². The minimum atomic E-state index is -0.388. The van der Waals surface area contributed by atoms with Crippen LogP contribution in [0.15, 0.2) is 24.3 Å². The highest BCUT2D eigenvalue weighted by atomic mass is 16.5. The Morgan fingerprint density at radius 3 is 2.64 bits per heavy atom. The smallest absolute Gasteiger partial charge is 0.236 e. The van der Waals surface area contributed by atoms with E-state index in [-0.39, 0.29) is 17.4 Å². The number of ether oxygens (including phenoxy) is 1. The number of likely N-dealkylation sites (tertiary alicyclic amines) is 1. The maximum absolute atomic E-state index is 12.5. The van der Waals surface area contributed by atoms with Crippen LogP contribution in [0, 0.1) is 6.92 Å². The van der Waals surface area contributed by atoms with Gasteiger partial charge < -0.3 is 19.4 Å². The Hall–Kier alpha value is -1.92. The molecule has 2 aliphatic rings. The first kappa shape index (κ1) is 17.9. The number of likely N-dealkylation sites (N-methyl/N-ethyl adjacent to an activating group) is 1. The third kappa shape index (κ3) is 3.85. The molecule has 1 aromatic carbocycles. The second kappa shape index (κ2) is 7.14. The first-order chi connectivity index (χ1) is 11.9. The van der Waals surface area contributed by atoms with Gasteiger partial charge in [-0.25, -0.2) is 0 Å². The van der Waals surface area contributed by atoms with Gasteiger partial charge in [0.05, 0.1) is 31.7 Å². The summed E-state index contributed by atoms with van der Waals surface area (Å²) in [6.07, 6.45) is 0.449. The average Bonchev–Trinajstić information content (AvgIpc) is 2.78. The molecule has 6 heteroatoms. The van der Waals surface area contributed by atoms with E-state index >= 15 is 0 Å². The summed E-state index contributed by atoms with van der Waals surface area (Å²) in [5.74, 6) is 0.218. The van der Waals surface area contributed by atoms with Gasteiger partial charge in [-0.3, -0.25) is 9.59 Å². The minimum absolute atomic E-state index is 0.0875. The van der Waals surface area contributed by atoms with Crippen molar-refractivity contribution in [2.45, 2.75) is 25.4 Å². The maximum Gasteiger partial charge on any atom is 0.236 e. The van der Waals surface area contributed by atoms with Crippen molar-refractivity contribution < 1.29 is 14.3 Å². The van der Waals surface area contributed by atoms with E-state index in [0.717, 1.165) is 5.56 Å². The molecule has 136 valence electrons. The lowest BCUT2D eigenvalue weighted by molar-refractivity contribution is -0.166. The zero-order valence-corrected chi connectivity index (χ0v) is 15.3. The molecule has 6 nitrogen and oxygen atoms in total. The average molecular weight is 345 g/mol. The Morgan fingerprint density at radius 1 is 1.28 bits per heavy atom. The van der Waals surface area contributed by atoms with Gasteiger partial charge in [-0.05, 0) is 26.6 Å². The molecule has 0 radical (unpaired) electrons. The van der Waals surface area contributed by atoms with Crippen LogP contribution >= 0.6 is 0 Å². The first-order valence-corrected chi connectivity index (χ1v) is 8.76. The number of aryl methyl sites for hydroxylation is 1. The highest BCUT2D eigenvalue weighted by molar-refractivity contribution is 5.86. The highest BCUT2D eigenvalue weighted by Gasteiger charge is 2.53. The topological polar surface area (TPSA) is 53.1 Å². The molecule has 2 saturated heterocycles. The predicted molar refractivity (Wildman–Crippen MR) is 95.0 cm³/mol. The number of carbonyl (C=O) groups excluding carboxylic acids is 2. The molecule has 3 rings (SSSR count). The third-order valence-corrected chi connectivity index (χ3v) is 4.98. The summed E-state index contributed by atoms with van der Waals surface area (Å²) in [4.78, 5) is 30.4. The summed E-state index contributed by atoms with van der Waals surface area (Å²) < 4.78 is 5.77. The summed E-state index contributed by atoms with van der Waals surface area (Å²) >= 11 is 0. The van der Waals surface area contributed by atoms with Crippen molar-refractivity contribution in [1.29, 1.82) is 0 Å². The van der Waals surface area contributed by atoms with Crippen LogP contribution in [0.2, 0.25) is 0 Å². The highest BCUT2D eigenvalue weighted by Crippen LogP contribution is 2.36. The van der Waals surface area contributed by atoms with Crippen molar-refractivity contribution >= 4 is 11.8 Å². The van der Waals surface area contributed by atoms with Gasteiger partial charge in [-0.2, -0.15) is 0 Å². The van der Waals surface area contributed by atoms with E-state index in [1.54, 1.807) is 0 Å². The van der Waals surface area contributed by atoms with Crippen LogP contribution in [-0.2, 0) is 20.9 Å². The molecular weight excluding hydrogens is 318 g/mol. The summed E-state index contributed by atoms with van der Waals surface area (Å²) in [5, 5.41) is 0. The van der Waals surface area contributed by atoms with E-state index in [1.165, 1.54) is 5.56 Å². The van der Waals surface area contributed by atoms with Crippen molar-refractivity contribution in [3.05, 3.63) is 35.4 Å². The van der Waals surface area contributed by atoms with Crippen molar-refractivity contribution in [3.63, 3.8) is 0 Å². The van der Waals surface area contributed by atoms with Crippen molar-refractivity contribution in [3.8, 4) is 0 Å². The summed E-state index contributed by atoms with van der Waals surface area (Å²) in [7, 11) is 3.77. The van der Waals surface area contributed by atoms with E-state index in [1.807, 2.05) is 35.7 Å². The number of hydrogen-bond acceptors (Lipinski definition) is 4. The summed E-state index contributed by atoms with van der Waals surface area (Å²) in [5.41, 5.74) is 1.92. The van der Waals surface area contributed by atoms with Gasteiger partial charge in [0.25, 0.3) is 0 Å². The maximum atomic E-state index is 12.5. The van der Waals surface area contributed by atoms with Crippen LogP contribution in [0.25, 0.3) is 0 Å². The molecular formula is C19H27N3O3.